The highest BCUT2D eigenvalue weighted by molar-refractivity contribution is 8.14. The van der Waals surface area contributed by atoms with Gasteiger partial charge in [-0.25, -0.2) is 0 Å². The number of nitrogens with zero attached hydrogens (tertiary/aromatic N) is 1. The highest BCUT2D eigenvalue weighted by atomic mass is 32.2. The van der Waals surface area contributed by atoms with E-state index in [1.165, 1.54) is 141 Å². The zero-order valence-corrected chi connectivity index (χ0v) is 37.1. The summed E-state index contributed by atoms with van der Waals surface area (Å²) in [6.07, 6.45) is 40.5. The Hall–Kier alpha value is -0.590. The number of carbonyl (C=O) groups is 2. The van der Waals surface area contributed by atoms with Crippen molar-refractivity contribution in [3.8, 4) is 0 Å². The molecule has 0 aliphatic carbocycles. The fourth-order valence-electron chi connectivity index (χ4n) is 7.50. The number of ether oxygens (including phenoxy) is 1. The first-order valence-electron chi connectivity index (χ1n) is 23.7. The van der Waals surface area contributed by atoms with Gasteiger partial charge in [-0.15, -0.1) is 0 Å². The summed E-state index contributed by atoms with van der Waals surface area (Å²) in [4.78, 5) is 28.4. The quantitative estimate of drug-likeness (QED) is 0.0492. The lowest BCUT2D eigenvalue weighted by atomic mass is 9.94. The molecule has 0 spiro atoms. The number of thioether (sulfide) groups is 1. The molecule has 316 valence electrons. The molecule has 0 aromatic rings. The molecule has 0 radical (unpaired) electrons. The minimum Gasteiger partial charge on any atom is -0.465 e. The molecule has 0 saturated carbocycles. The van der Waals surface area contributed by atoms with Crippen molar-refractivity contribution in [3.05, 3.63) is 0 Å². The van der Waals surface area contributed by atoms with Crippen LogP contribution in [0.15, 0.2) is 0 Å². The molecular weight excluding hydrogens is 675 g/mol. The molecule has 0 aromatic heterocycles. The SMILES string of the molecule is CCCCCCCCC(CCCCCC)SC(=O)CCCCCCN(CCCO)CCCCCCOC(=O)C(CCCCCC)CCCCCCCC. The Morgan fingerprint density at radius 1 is 0.491 bits per heavy atom. The van der Waals surface area contributed by atoms with E-state index in [2.05, 4.69) is 32.6 Å². The summed E-state index contributed by atoms with van der Waals surface area (Å²) in [5.41, 5.74) is 0. The summed E-state index contributed by atoms with van der Waals surface area (Å²) in [6.45, 7) is 13.0. The highest BCUT2D eigenvalue weighted by Crippen LogP contribution is 2.27. The van der Waals surface area contributed by atoms with E-state index in [1.54, 1.807) is 11.8 Å². The molecule has 0 aromatic carbocycles. The number of hydrogen-bond donors (Lipinski definition) is 1. The molecule has 53 heavy (non-hydrogen) atoms. The van der Waals surface area contributed by atoms with Gasteiger partial charge in [0, 0.05) is 24.8 Å². The van der Waals surface area contributed by atoms with Gasteiger partial charge in [-0.2, -0.15) is 0 Å². The number of rotatable bonds is 43. The van der Waals surface area contributed by atoms with E-state index in [0.29, 0.717) is 17.0 Å². The third-order valence-electron chi connectivity index (χ3n) is 11.1. The number of hydrogen-bond acceptors (Lipinski definition) is 6. The molecule has 2 unspecified atom stereocenters. The average Bonchev–Trinajstić information content (AvgIpc) is 3.16. The molecular formula is C47H93NO4S. The Labute approximate surface area is 336 Å². The van der Waals surface area contributed by atoms with Gasteiger partial charge in [-0.1, -0.05) is 194 Å². The summed E-state index contributed by atoms with van der Waals surface area (Å²) in [5.74, 6) is 0.147. The first-order chi connectivity index (χ1) is 26.0. The first-order valence-corrected chi connectivity index (χ1v) is 24.6. The van der Waals surface area contributed by atoms with Gasteiger partial charge in [0.2, 0.25) is 0 Å². The van der Waals surface area contributed by atoms with Gasteiger partial charge >= 0.3 is 5.97 Å². The predicted octanol–water partition coefficient (Wildman–Crippen LogP) is 14.4. The first kappa shape index (κ1) is 52.4. The van der Waals surface area contributed by atoms with Crippen LogP contribution in [0.5, 0.6) is 0 Å². The van der Waals surface area contributed by atoms with Crippen LogP contribution in [0, 0.1) is 5.92 Å². The lowest BCUT2D eigenvalue weighted by Gasteiger charge is -2.22. The van der Waals surface area contributed by atoms with Crippen molar-refractivity contribution < 1.29 is 19.4 Å². The molecule has 1 N–H and O–H groups in total. The number of carbonyl (C=O) groups excluding carboxylic acids is 2. The van der Waals surface area contributed by atoms with Crippen molar-refractivity contribution in [3.63, 3.8) is 0 Å². The number of aliphatic hydroxyl groups is 1. The molecule has 6 heteroatoms. The highest BCUT2D eigenvalue weighted by Gasteiger charge is 2.19. The van der Waals surface area contributed by atoms with Crippen molar-refractivity contribution in [2.45, 2.75) is 251 Å². The normalized spacial score (nSPS) is 12.8. The Balaban J connectivity index is 4.29. The number of esters is 1. The Morgan fingerprint density at radius 3 is 1.40 bits per heavy atom. The van der Waals surface area contributed by atoms with Crippen molar-refractivity contribution in [2.75, 3.05) is 32.8 Å². The largest absolute Gasteiger partial charge is 0.465 e. The fraction of sp³-hybridized carbons (Fsp3) is 0.957. The Bertz CT molecular complexity index is 765. The third-order valence-corrected chi connectivity index (χ3v) is 12.3. The second-order valence-electron chi connectivity index (χ2n) is 16.3. The summed E-state index contributed by atoms with van der Waals surface area (Å²) in [7, 11) is 0. The second-order valence-corrected chi connectivity index (χ2v) is 17.6. The van der Waals surface area contributed by atoms with Gasteiger partial charge in [0.1, 0.15) is 0 Å². The standard InChI is InChI=1S/C47H93NO4S/c1-5-9-13-17-19-26-35-44(34-25-15-11-7-3)47(51)52-43-32-24-23-31-40-48(41-33-42-49)39-30-22-21-29-38-46(50)53-45(36-27-16-12-8-4)37-28-20-18-14-10-6-2/h44-45,49H,5-43H2,1-4H3. The lowest BCUT2D eigenvalue weighted by Crippen LogP contribution is -2.28. The molecule has 0 aliphatic heterocycles. The van der Waals surface area contributed by atoms with E-state index in [-0.39, 0.29) is 18.5 Å². The van der Waals surface area contributed by atoms with E-state index >= 15 is 0 Å². The summed E-state index contributed by atoms with van der Waals surface area (Å²) < 4.78 is 5.81. The van der Waals surface area contributed by atoms with Crippen LogP contribution in [0.25, 0.3) is 0 Å². The minimum atomic E-state index is 0.0545. The van der Waals surface area contributed by atoms with Crippen molar-refractivity contribution in [2.24, 2.45) is 5.92 Å². The maximum Gasteiger partial charge on any atom is 0.308 e. The maximum atomic E-state index is 12.9. The Morgan fingerprint density at radius 2 is 0.887 bits per heavy atom. The van der Waals surface area contributed by atoms with E-state index in [1.807, 2.05) is 0 Å². The monoisotopic (exact) mass is 768 g/mol. The molecule has 5 nitrogen and oxygen atoms in total. The van der Waals surface area contributed by atoms with Crippen LogP contribution in [-0.2, 0) is 14.3 Å². The summed E-state index contributed by atoms with van der Waals surface area (Å²) in [5, 5.41) is 10.4. The smallest absolute Gasteiger partial charge is 0.308 e. The average molecular weight is 768 g/mol. The van der Waals surface area contributed by atoms with Crippen LogP contribution in [0.3, 0.4) is 0 Å². The summed E-state index contributed by atoms with van der Waals surface area (Å²) in [6, 6.07) is 0. The van der Waals surface area contributed by atoms with Crippen LogP contribution < -0.4 is 0 Å². The van der Waals surface area contributed by atoms with Crippen LogP contribution >= 0.6 is 11.8 Å². The fourth-order valence-corrected chi connectivity index (χ4v) is 8.70. The van der Waals surface area contributed by atoms with E-state index in [0.717, 1.165) is 96.7 Å². The van der Waals surface area contributed by atoms with Crippen LogP contribution in [0.4, 0.5) is 0 Å². The summed E-state index contributed by atoms with van der Waals surface area (Å²) >= 11 is 1.68. The van der Waals surface area contributed by atoms with Gasteiger partial charge in [-0.05, 0) is 70.9 Å². The molecule has 0 saturated heterocycles. The van der Waals surface area contributed by atoms with Crippen molar-refractivity contribution in [1.82, 2.24) is 4.90 Å². The zero-order chi connectivity index (χ0) is 38.9. The number of unbranched alkanes of at least 4 members (excludes halogenated alkanes) is 22. The predicted molar refractivity (Wildman–Crippen MR) is 234 cm³/mol. The van der Waals surface area contributed by atoms with Crippen LogP contribution in [0.1, 0.15) is 246 Å². The van der Waals surface area contributed by atoms with Gasteiger partial charge in [-0.3, -0.25) is 9.59 Å². The van der Waals surface area contributed by atoms with E-state index < -0.39 is 0 Å². The molecule has 0 fully saturated rings. The van der Waals surface area contributed by atoms with Gasteiger partial charge in [0.05, 0.1) is 12.5 Å². The van der Waals surface area contributed by atoms with Gasteiger partial charge < -0.3 is 14.7 Å². The molecule has 0 amide bonds. The molecule has 0 rings (SSSR count). The molecule has 0 bridgehead atoms. The third kappa shape index (κ3) is 36.8. The van der Waals surface area contributed by atoms with E-state index in [9.17, 15) is 14.7 Å². The van der Waals surface area contributed by atoms with Crippen molar-refractivity contribution >= 4 is 22.8 Å². The van der Waals surface area contributed by atoms with E-state index in [4.69, 9.17) is 4.74 Å². The molecule has 2 atom stereocenters. The van der Waals surface area contributed by atoms with Crippen molar-refractivity contribution in [1.29, 1.82) is 0 Å². The number of aliphatic hydroxyl groups excluding tert-OH is 1. The van der Waals surface area contributed by atoms with Gasteiger partial charge in [0.15, 0.2) is 5.12 Å². The maximum absolute atomic E-state index is 12.9. The van der Waals surface area contributed by atoms with Gasteiger partial charge in [0.25, 0.3) is 0 Å². The van der Waals surface area contributed by atoms with Crippen LogP contribution in [0.2, 0.25) is 0 Å². The minimum absolute atomic E-state index is 0.0545. The van der Waals surface area contributed by atoms with Crippen LogP contribution in [-0.4, -0.2) is 59.2 Å². The topological polar surface area (TPSA) is 66.8 Å². The Kier molecular flexibility index (Phi) is 42.1. The molecule has 0 aliphatic rings. The molecule has 0 heterocycles. The lowest BCUT2D eigenvalue weighted by molar-refractivity contribution is -0.149. The second kappa shape index (κ2) is 42.6. The zero-order valence-electron chi connectivity index (χ0n) is 36.3.